The average Bonchev–Trinajstić information content (AvgIpc) is 3.73. The molecule has 4 aromatic carbocycles. The van der Waals surface area contributed by atoms with Crippen molar-refractivity contribution in [3.63, 3.8) is 0 Å². The summed E-state index contributed by atoms with van der Waals surface area (Å²) in [6.45, 7) is 6.63. The molecule has 6 aliphatic heterocycles. The standard InChI is InChI=1S/C39H36N6/c1-22-7-10-25-28(19-22)43-16-13-40(4)37(43)34-31(25)35-33(27-12-9-24(3)21-30(27)44-17-14-41(5)38(35)44)36-32(34)26-11-8-23(2)20-29(26)45-18-15-42(6)39(36)45/h7-21,37-39H,1-6H3. The first-order valence-electron chi connectivity index (χ1n) is 15.9. The van der Waals surface area contributed by atoms with E-state index in [2.05, 4.69) is 163 Å². The zero-order chi connectivity index (χ0) is 30.5. The van der Waals surface area contributed by atoms with Crippen molar-refractivity contribution < 1.29 is 0 Å². The Labute approximate surface area is 265 Å². The van der Waals surface area contributed by atoms with Gasteiger partial charge in [-0.3, -0.25) is 0 Å². The molecule has 0 aromatic heterocycles. The minimum absolute atomic E-state index is 0.0567. The molecule has 6 aliphatic rings. The summed E-state index contributed by atoms with van der Waals surface area (Å²) < 4.78 is 0. The fourth-order valence-electron chi connectivity index (χ4n) is 8.93. The van der Waals surface area contributed by atoms with Crippen molar-refractivity contribution in [2.45, 2.75) is 39.3 Å². The molecule has 6 nitrogen and oxygen atoms in total. The summed E-state index contributed by atoms with van der Waals surface area (Å²) in [7, 11) is 6.71. The number of anilines is 3. The van der Waals surface area contributed by atoms with Crippen molar-refractivity contribution in [3.05, 3.63) is 125 Å². The Morgan fingerprint density at radius 1 is 0.400 bits per heavy atom. The second kappa shape index (κ2) is 8.33. The third kappa shape index (κ3) is 3.00. The van der Waals surface area contributed by atoms with Gasteiger partial charge in [-0.15, -0.1) is 0 Å². The molecule has 0 saturated heterocycles. The van der Waals surface area contributed by atoms with E-state index in [1.54, 1.807) is 0 Å². The lowest BCUT2D eigenvalue weighted by molar-refractivity contribution is 0.349. The summed E-state index contributed by atoms with van der Waals surface area (Å²) in [5, 5.41) is 0. The molecule has 0 fully saturated rings. The lowest BCUT2D eigenvalue weighted by Crippen LogP contribution is -2.40. The van der Waals surface area contributed by atoms with E-state index >= 15 is 0 Å². The lowest BCUT2D eigenvalue weighted by atomic mass is 9.71. The van der Waals surface area contributed by atoms with Crippen LogP contribution in [-0.4, -0.2) is 35.8 Å². The van der Waals surface area contributed by atoms with Crippen LogP contribution in [0.2, 0.25) is 0 Å². The van der Waals surface area contributed by atoms with Crippen LogP contribution in [0, 0.1) is 20.8 Å². The average molecular weight is 589 g/mol. The Kier molecular flexibility index (Phi) is 4.67. The molecule has 6 heteroatoms. The molecule has 0 N–H and O–H groups in total. The molecule has 3 atom stereocenters. The van der Waals surface area contributed by atoms with Crippen LogP contribution < -0.4 is 14.7 Å². The monoisotopic (exact) mass is 588 g/mol. The highest BCUT2D eigenvalue weighted by molar-refractivity contribution is 6.05. The first-order valence-corrected chi connectivity index (χ1v) is 15.9. The zero-order valence-corrected chi connectivity index (χ0v) is 26.6. The fourth-order valence-corrected chi connectivity index (χ4v) is 8.93. The van der Waals surface area contributed by atoms with Crippen LogP contribution in [0.25, 0.3) is 33.4 Å². The molecule has 6 heterocycles. The van der Waals surface area contributed by atoms with Gasteiger partial charge in [-0.2, -0.15) is 0 Å². The van der Waals surface area contributed by atoms with Crippen LogP contribution in [-0.2, 0) is 0 Å². The lowest BCUT2D eigenvalue weighted by Gasteiger charge is -2.49. The topological polar surface area (TPSA) is 19.4 Å². The van der Waals surface area contributed by atoms with Gasteiger partial charge in [0.15, 0.2) is 0 Å². The van der Waals surface area contributed by atoms with E-state index in [1.165, 1.54) is 83.8 Å². The van der Waals surface area contributed by atoms with Crippen LogP contribution in [0.1, 0.15) is 51.9 Å². The maximum absolute atomic E-state index is 2.50. The third-order valence-corrected chi connectivity index (χ3v) is 10.8. The Bertz CT molecular complexity index is 1850. The van der Waals surface area contributed by atoms with E-state index in [9.17, 15) is 0 Å². The fraction of sp³-hybridized carbons (Fsp3) is 0.231. The highest BCUT2D eigenvalue weighted by Crippen LogP contribution is 2.64. The highest BCUT2D eigenvalue weighted by Gasteiger charge is 2.50. The molecule has 222 valence electrons. The van der Waals surface area contributed by atoms with E-state index in [0.29, 0.717) is 0 Å². The van der Waals surface area contributed by atoms with Gasteiger partial charge in [-0.1, -0.05) is 36.4 Å². The van der Waals surface area contributed by atoms with Crippen molar-refractivity contribution in [1.82, 2.24) is 14.7 Å². The second-order valence-electron chi connectivity index (χ2n) is 13.7. The van der Waals surface area contributed by atoms with Gasteiger partial charge in [0.05, 0.1) is 17.1 Å². The van der Waals surface area contributed by atoms with Crippen molar-refractivity contribution in [3.8, 4) is 33.4 Å². The molecule has 0 aliphatic carbocycles. The molecular formula is C39H36N6. The van der Waals surface area contributed by atoms with Crippen LogP contribution in [0.15, 0.2) is 91.8 Å². The Morgan fingerprint density at radius 3 is 0.978 bits per heavy atom. The number of rotatable bonds is 0. The summed E-state index contributed by atoms with van der Waals surface area (Å²) in [4.78, 5) is 14.7. The predicted molar refractivity (Wildman–Crippen MR) is 183 cm³/mol. The SMILES string of the molecule is Cc1ccc2c(c1)N1C=CN(C)C1c1c-2c2c(c3c1-c1ccc(C)cc1N1C=CN(C)C31)-c1ccc(C)cc1N1C=CN(C)C21. The first-order chi connectivity index (χ1) is 21.8. The quantitative estimate of drug-likeness (QED) is 0.204. The molecule has 10 rings (SSSR count). The van der Waals surface area contributed by atoms with Gasteiger partial charge < -0.3 is 29.4 Å². The largest absolute Gasteiger partial charge is 0.355 e. The molecule has 4 aromatic rings. The summed E-state index contributed by atoms with van der Waals surface area (Å²) in [5.74, 6) is 0. The normalized spacial score (nSPS) is 22.1. The van der Waals surface area contributed by atoms with Crippen molar-refractivity contribution in [1.29, 1.82) is 0 Å². The van der Waals surface area contributed by atoms with E-state index in [-0.39, 0.29) is 18.5 Å². The first kappa shape index (κ1) is 25.2. The van der Waals surface area contributed by atoms with Gasteiger partial charge in [0.1, 0.15) is 18.5 Å². The van der Waals surface area contributed by atoms with E-state index in [0.717, 1.165) is 0 Å². The van der Waals surface area contributed by atoms with Gasteiger partial charge >= 0.3 is 0 Å². The summed E-state index contributed by atoms with van der Waals surface area (Å²) in [6, 6.07) is 21.1. The third-order valence-electron chi connectivity index (χ3n) is 10.8. The van der Waals surface area contributed by atoms with Crippen LogP contribution in [0.5, 0.6) is 0 Å². The minimum Gasteiger partial charge on any atom is -0.355 e. The summed E-state index contributed by atoms with van der Waals surface area (Å²) >= 11 is 0. The number of fused-ring (bicyclic) bond motifs is 21. The van der Waals surface area contributed by atoms with E-state index in [4.69, 9.17) is 0 Å². The van der Waals surface area contributed by atoms with E-state index < -0.39 is 0 Å². The Balaban J connectivity index is 1.46. The van der Waals surface area contributed by atoms with Crippen molar-refractivity contribution >= 4 is 17.1 Å². The molecular weight excluding hydrogens is 552 g/mol. The Morgan fingerprint density at radius 2 is 0.689 bits per heavy atom. The van der Waals surface area contributed by atoms with Crippen molar-refractivity contribution in [2.75, 3.05) is 35.8 Å². The molecule has 0 radical (unpaired) electrons. The smallest absolute Gasteiger partial charge is 0.133 e. The highest BCUT2D eigenvalue weighted by atomic mass is 15.4. The van der Waals surface area contributed by atoms with Crippen LogP contribution in [0.3, 0.4) is 0 Å². The molecule has 0 amide bonds. The number of benzene rings is 4. The maximum Gasteiger partial charge on any atom is 0.133 e. The van der Waals surface area contributed by atoms with E-state index in [1.807, 2.05) is 0 Å². The van der Waals surface area contributed by atoms with Gasteiger partial charge in [0, 0.05) is 91.7 Å². The number of hydrogen-bond acceptors (Lipinski definition) is 6. The number of hydrogen-bond donors (Lipinski definition) is 0. The summed E-state index contributed by atoms with van der Waals surface area (Å²) in [6.07, 6.45) is 13.8. The maximum atomic E-state index is 2.50. The van der Waals surface area contributed by atoms with Gasteiger partial charge in [0.2, 0.25) is 0 Å². The van der Waals surface area contributed by atoms with Gasteiger partial charge in [-0.25, -0.2) is 0 Å². The molecule has 0 spiro atoms. The van der Waals surface area contributed by atoms with Gasteiger partial charge in [-0.05, 0) is 72.4 Å². The van der Waals surface area contributed by atoms with Gasteiger partial charge in [0.25, 0.3) is 0 Å². The minimum atomic E-state index is 0.0567. The predicted octanol–water partition coefficient (Wildman–Crippen LogP) is 8.32. The van der Waals surface area contributed by atoms with Crippen LogP contribution in [0.4, 0.5) is 17.1 Å². The summed E-state index contributed by atoms with van der Waals surface area (Å²) in [5.41, 5.74) is 20.0. The van der Waals surface area contributed by atoms with Crippen molar-refractivity contribution in [2.24, 2.45) is 0 Å². The number of aryl methyl sites for hydroxylation is 3. The number of nitrogens with zero attached hydrogens (tertiary/aromatic N) is 6. The molecule has 3 unspecified atom stereocenters. The van der Waals surface area contributed by atoms with Crippen LogP contribution >= 0.6 is 0 Å². The molecule has 45 heavy (non-hydrogen) atoms. The second-order valence-corrected chi connectivity index (χ2v) is 13.7. The molecule has 0 saturated carbocycles. The zero-order valence-electron chi connectivity index (χ0n) is 26.6. The Hall–Kier alpha value is -5.10. The molecule has 0 bridgehead atoms.